The smallest absolute Gasteiger partial charge is 0.322 e. The zero-order valence-electron chi connectivity index (χ0n) is 15.4. The second kappa shape index (κ2) is 7.16. The maximum Gasteiger partial charge on any atom is 0.322 e. The predicted octanol–water partition coefficient (Wildman–Crippen LogP) is 2.85. The summed E-state index contributed by atoms with van der Waals surface area (Å²) in [7, 11) is 0. The molecule has 1 atom stereocenters. The normalized spacial score (nSPS) is 27.4. The van der Waals surface area contributed by atoms with E-state index in [0.717, 1.165) is 19.3 Å². The second-order valence-electron chi connectivity index (χ2n) is 7.93. The Labute approximate surface area is 150 Å². The first kappa shape index (κ1) is 17.9. The molecule has 1 unspecified atom stereocenters. The number of carbonyl (C=O) groups is 2. The van der Waals surface area contributed by atoms with Crippen LogP contribution in [0.1, 0.15) is 63.5 Å². The first-order valence-corrected chi connectivity index (χ1v) is 9.36. The lowest BCUT2D eigenvalue weighted by Crippen LogP contribution is -2.53. The number of hydrogen-bond acceptors (Lipinski definition) is 3. The van der Waals surface area contributed by atoms with Gasteiger partial charge in [-0.05, 0) is 56.1 Å². The molecule has 1 aliphatic carbocycles. The molecule has 1 aliphatic heterocycles. The summed E-state index contributed by atoms with van der Waals surface area (Å²) in [4.78, 5) is 23.4. The van der Waals surface area contributed by atoms with Crippen molar-refractivity contribution < 1.29 is 9.59 Å². The molecule has 3 amide bonds. The molecule has 1 aromatic carbocycles. The van der Waals surface area contributed by atoms with Gasteiger partial charge in [-0.15, -0.1) is 0 Å². The molecule has 25 heavy (non-hydrogen) atoms. The zero-order chi connectivity index (χ0) is 18.0. The lowest BCUT2D eigenvalue weighted by Gasteiger charge is -2.36. The average Bonchev–Trinajstić information content (AvgIpc) is 2.84. The van der Waals surface area contributed by atoms with E-state index in [4.69, 9.17) is 0 Å². The second-order valence-corrected chi connectivity index (χ2v) is 7.93. The number of nitrogens with one attached hydrogen (secondary N) is 3. The Hall–Kier alpha value is -1.88. The van der Waals surface area contributed by atoms with Crippen molar-refractivity contribution in [1.29, 1.82) is 0 Å². The summed E-state index contributed by atoms with van der Waals surface area (Å²) in [6.07, 6.45) is 4.22. The molecule has 1 saturated heterocycles. The van der Waals surface area contributed by atoms with Crippen LogP contribution in [0.25, 0.3) is 0 Å². The molecular formula is C20H29N3O2. The minimum Gasteiger partial charge on any atom is -0.323 e. The van der Waals surface area contributed by atoms with Crippen molar-refractivity contribution in [1.82, 2.24) is 16.0 Å². The van der Waals surface area contributed by atoms with Crippen molar-refractivity contribution >= 4 is 11.9 Å². The van der Waals surface area contributed by atoms with Gasteiger partial charge in [-0.1, -0.05) is 38.1 Å². The van der Waals surface area contributed by atoms with Gasteiger partial charge < -0.3 is 10.6 Å². The molecule has 0 radical (unpaired) electrons. The van der Waals surface area contributed by atoms with Crippen molar-refractivity contribution in [2.24, 2.45) is 0 Å². The van der Waals surface area contributed by atoms with Gasteiger partial charge in [0.05, 0.1) is 0 Å². The molecule has 0 bridgehead atoms. The maximum absolute atomic E-state index is 12.0. The van der Waals surface area contributed by atoms with Crippen molar-refractivity contribution in [3.8, 4) is 0 Å². The molecule has 1 aromatic rings. The number of benzene rings is 1. The van der Waals surface area contributed by atoms with Crippen LogP contribution in [0.5, 0.6) is 0 Å². The van der Waals surface area contributed by atoms with Crippen LogP contribution < -0.4 is 16.0 Å². The van der Waals surface area contributed by atoms with Gasteiger partial charge in [0.1, 0.15) is 5.54 Å². The molecule has 1 spiro atoms. The van der Waals surface area contributed by atoms with Gasteiger partial charge in [-0.25, -0.2) is 4.79 Å². The molecular weight excluding hydrogens is 314 g/mol. The third-order valence-electron chi connectivity index (χ3n) is 5.56. The van der Waals surface area contributed by atoms with Crippen molar-refractivity contribution in [3.63, 3.8) is 0 Å². The first-order chi connectivity index (χ1) is 11.9. The third-order valence-corrected chi connectivity index (χ3v) is 5.56. The zero-order valence-corrected chi connectivity index (χ0v) is 15.4. The van der Waals surface area contributed by atoms with E-state index in [1.54, 1.807) is 0 Å². The van der Waals surface area contributed by atoms with Crippen LogP contribution in [0.15, 0.2) is 24.3 Å². The van der Waals surface area contributed by atoms with E-state index in [0.29, 0.717) is 30.8 Å². The molecule has 136 valence electrons. The van der Waals surface area contributed by atoms with Gasteiger partial charge >= 0.3 is 6.03 Å². The highest BCUT2D eigenvalue weighted by Gasteiger charge is 2.48. The summed E-state index contributed by atoms with van der Waals surface area (Å²) in [6.45, 7) is 6.63. The van der Waals surface area contributed by atoms with Gasteiger partial charge in [0.25, 0.3) is 5.91 Å². The fourth-order valence-corrected chi connectivity index (χ4v) is 4.01. The molecule has 1 heterocycles. The fraction of sp³-hybridized carbons (Fsp3) is 0.600. The molecule has 5 heteroatoms. The third kappa shape index (κ3) is 4.03. The van der Waals surface area contributed by atoms with Crippen LogP contribution in [0.2, 0.25) is 0 Å². The Balaban J connectivity index is 1.48. The average molecular weight is 343 g/mol. The highest BCUT2D eigenvalue weighted by Crippen LogP contribution is 2.31. The number of amides is 3. The lowest BCUT2D eigenvalue weighted by molar-refractivity contribution is -0.125. The van der Waals surface area contributed by atoms with E-state index >= 15 is 0 Å². The summed E-state index contributed by atoms with van der Waals surface area (Å²) >= 11 is 0. The summed E-state index contributed by atoms with van der Waals surface area (Å²) in [6, 6.07) is 9.33. The molecule has 2 fully saturated rings. The summed E-state index contributed by atoms with van der Waals surface area (Å²) in [5.74, 6) is 0.404. The number of imide groups is 1. The number of carbonyl (C=O) groups excluding carboxylic acids is 2. The van der Waals surface area contributed by atoms with E-state index in [-0.39, 0.29) is 11.9 Å². The predicted molar refractivity (Wildman–Crippen MR) is 98.5 cm³/mol. The monoisotopic (exact) mass is 343 g/mol. The van der Waals surface area contributed by atoms with E-state index in [1.165, 1.54) is 11.1 Å². The molecule has 1 saturated carbocycles. The number of hydrogen-bond donors (Lipinski definition) is 3. The van der Waals surface area contributed by atoms with Gasteiger partial charge in [-0.3, -0.25) is 10.1 Å². The molecule has 0 aromatic heterocycles. The van der Waals surface area contributed by atoms with Gasteiger partial charge in [0, 0.05) is 12.1 Å². The highest BCUT2D eigenvalue weighted by molar-refractivity contribution is 6.07. The molecule has 5 nitrogen and oxygen atoms in total. The minimum absolute atomic E-state index is 0.158. The topological polar surface area (TPSA) is 70.2 Å². The van der Waals surface area contributed by atoms with Crippen molar-refractivity contribution in [2.45, 2.75) is 76.4 Å². The van der Waals surface area contributed by atoms with Gasteiger partial charge in [-0.2, -0.15) is 0 Å². The van der Waals surface area contributed by atoms with E-state index < -0.39 is 5.54 Å². The molecule has 3 N–H and O–H groups in total. The molecule has 2 aliphatic rings. The summed E-state index contributed by atoms with van der Waals surface area (Å²) in [5.41, 5.74) is 2.06. The number of rotatable bonds is 5. The Kier molecular flexibility index (Phi) is 5.13. The van der Waals surface area contributed by atoms with E-state index in [2.05, 4.69) is 61.0 Å². The minimum atomic E-state index is -0.662. The standard InChI is InChI=1S/C20H29N3O2/c1-13(2)16-6-4-15(5-7-16)12-14(3)21-17-8-10-20(11-9-17)18(24)22-19(25)23-20/h4-7,13-14,17,21H,8-12H2,1-3H3,(H2,22,23,24,25). The van der Waals surface area contributed by atoms with E-state index in [1.807, 2.05) is 0 Å². The summed E-state index contributed by atoms with van der Waals surface area (Å²) < 4.78 is 0. The SMILES string of the molecule is CC(Cc1ccc(C(C)C)cc1)NC1CCC2(CC1)NC(=O)NC2=O. The van der Waals surface area contributed by atoms with Crippen LogP contribution in [0.4, 0.5) is 4.79 Å². The Morgan fingerprint density at radius 3 is 2.28 bits per heavy atom. The van der Waals surface area contributed by atoms with Crippen LogP contribution in [-0.2, 0) is 11.2 Å². The largest absolute Gasteiger partial charge is 0.323 e. The Morgan fingerprint density at radius 2 is 1.76 bits per heavy atom. The first-order valence-electron chi connectivity index (χ1n) is 9.36. The highest BCUT2D eigenvalue weighted by atomic mass is 16.2. The van der Waals surface area contributed by atoms with Gasteiger partial charge in [0.2, 0.25) is 0 Å². The Morgan fingerprint density at radius 1 is 1.12 bits per heavy atom. The fourth-order valence-electron chi connectivity index (χ4n) is 4.01. The van der Waals surface area contributed by atoms with Crippen LogP contribution >= 0.6 is 0 Å². The quantitative estimate of drug-likeness (QED) is 0.720. The maximum atomic E-state index is 12.0. The Bertz CT molecular complexity index is 631. The summed E-state index contributed by atoms with van der Waals surface area (Å²) in [5, 5.41) is 8.88. The van der Waals surface area contributed by atoms with Crippen molar-refractivity contribution in [3.05, 3.63) is 35.4 Å². The van der Waals surface area contributed by atoms with E-state index in [9.17, 15) is 9.59 Å². The van der Waals surface area contributed by atoms with Gasteiger partial charge in [0.15, 0.2) is 0 Å². The molecule has 3 rings (SSSR count). The van der Waals surface area contributed by atoms with Crippen LogP contribution in [0.3, 0.4) is 0 Å². The van der Waals surface area contributed by atoms with Crippen LogP contribution in [0, 0.1) is 0 Å². The van der Waals surface area contributed by atoms with Crippen molar-refractivity contribution in [2.75, 3.05) is 0 Å². The lowest BCUT2D eigenvalue weighted by atomic mass is 9.79. The van der Waals surface area contributed by atoms with Crippen LogP contribution in [-0.4, -0.2) is 29.6 Å². The number of urea groups is 1.